The van der Waals surface area contributed by atoms with E-state index in [0.29, 0.717) is 13.2 Å². The van der Waals surface area contributed by atoms with Gasteiger partial charge in [0.1, 0.15) is 0 Å². The second-order valence-electron chi connectivity index (χ2n) is 3.57. The van der Waals surface area contributed by atoms with E-state index in [9.17, 15) is 0 Å². The van der Waals surface area contributed by atoms with Crippen LogP contribution in [0, 0.1) is 29.1 Å². The van der Waals surface area contributed by atoms with Crippen LogP contribution in [0.5, 0.6) is 0 Å². The normalized spacial score (nSPS) is 9.87. The Balaban J connectivity index is 4.63. The fourth-order valence-corrected chi connectivity index (χ4v) is 1.47. The minimum atomic E-state index is -0.0878. The molecule has 0 unspecified atom stereocenters. The number of hydrogen-bond donors (Lipinski definition) is 0. The van der Waals surface area contributed by atoms with Crippen molar-refractivity contribution in [2.75, 3.05) is 27.4 Å². The van der Waals surface area contributed by atoms with E-state index in [1.165, 1.54) is 0 Å². The molecule has 0 aliphatic rings. The van der Waals surface area contributed by atoms with Crippen LogP contribution in [-0.4, -0.2) is 27.4 Å². The largest absolute Gasteiger partial charge is 0.384 e. The summed E-state index contributed by atoms with van der Waals surface area (Å²) in [5.41, 5.74) is -0.0878. The molecule has 0 rings (SSSR count). The van der Waals surface area contributed by atoms with Gasteiger partial charge in [0.2, 0.25) is 0 Å². The van der Waals surface area contributed by atoms with Gasteiger partial charge in [-0.3, -0.25) is 0 Å². The molecule has 0 spiro atoms. The van der Waals surface area contributed by atoms with Gasteiger partial charge in [-0.2, -0.15) is 0 Å². The Morgan fingerprint density at radius 3 is 1.53 bits per heavy atom. The predicted octanol–water partition coefficient (Wildman–Crippen LogP) is 2.09. The fraction of sp³-hybridized carbons (Fsp3) is 0.692. The maximum absolute atomic E-state index is 5.24. The molecule has 0 aliphatic heterocycles. The molecule has 0 atom stereocenters. The van der Waals surface area contributed by atoms with E-state index in [0.717, 1.165) is 12.8 Å². The van der Waals surface area contributed by atoms with Crippen molar-refractivity contribution in [1.29, 1.82) is 0 Å². The SMILES string of the molecule is CC#CCC(CC#CC)(COC)COC. The molecule has 0 saturated carbocycles. The van der Waals surface area contributed by atoms with Crippen LogP contribution in [0.4, 0.5) is 0 Å². The summed E-state index contributed by atoms with van der Waals surface area (Å²) in [5.74, 6) is 12.0. The highest BCUT2D eigenvalue weighted by molar-refractivity contribution is 5.07. The minimum Gasteiger partial charge on any atom is -0.384 e. The molecular weight excluding hydrogens is 188 g/mol. The molecule has 15 heavy (non-hydrogen) atoms. The molecule has 0 radical (unpaired) electrons. The lowest BCUT2D eigenvalue weighted by Gasteiger charge is -2.28. The molecule has 0 amide bonds. The summed E-state index contributed by atoms with van der Waals surface area (Å²) in [6, 6.07) is 0. The number of rotatable bonds is 6. The van der Waals surface area contributed by atoms with E-state index in [1.54, 1.807) is 14.2 Å². The number of methoxy groups -OCH3 is 2. The van der Waals surface area contributed by atoms with Crippen molar-refractivity contribution in [3.8, 4) is 23.7 Å². The smallest absolute Gasteiger partial charge is 0.0559 e. The maximum Gasteiger partial charge on any atom is 0.0559 e. The van der Waals surface area contributed by atoms with Crippen LogP contribution >= 0.6 is 0 Å². The summed E-state index contributed by atoms with van der Waals surface area (Å²) < 4.78 is 10.5. The van der Waals surface area contributed by atoms with Gasteiger partial charge in [-0.05, 0) is 13.8 Å². The number of ether oxygens (including phenoxy) is 2. The average molecular weight is 208 g/mol. The lowest BCUT2D eigenvalue weighted by Crippen LogP contribution is -2.31. The van der Waals surface area contributed by atoms with Crippen LogP contribution in [0.3, 0.4) is 0 Å². The summed E-state index contributed by atoms with van der Waals surface area (Å²) in [6.45, 7) is 4.94. The van der Waals surface area contributed by atoms with Crippen LogP contribution in [0.1, 0.15) is 26.7 Å². The van der Waals surface area contributed by atoms with Gasteiger partial charge < -0.3 is 9.47 Å². The molecular formula is C13H20O2. The lowest BCUT2D eigenvalue weighted by molar-refractivity contribution is 0.0164. The molecule has 2 nitrogen and oxygen atoms in total. The molecule has 0 fully saturated rings. The summed E-state index contributed by atoms with van der Waals surface area (Å²) in [6.07, 6.45) is 1.53. The zero-order valence-electron chi connectivity index (χ0n) is 10.1. The Kier molecular flexibility index (Phi) is 7.82. The molecule has 2 heteroatoms. The topological polar surface area (TPSA) is 18.5 Å². The summed E-state index contributed by atoms with van der Waals surface area (Å²) >= 11 is 0. The Bertz CT molecular complexity index is 242. The van der Waals surface area contributed by atoms with Crippen LogP contribution in [0.2, 0.25) is 0 Å². The highest BCUT2D eigenvalue weighted by Crippen LogP contribution is 2.26. The second kappa shape index (κ2) is 8.36. The van der Waals surface area contributed by atoms with Crippen LogP contribution in [-0.2, 0) is 9.47 Å². The maximum atomic E-state index is 5.24. The standard InChI is InChI=1S/C13H20O2/c1-5-7-9-13(11-14-3,12-15-4)10-8-6-2/h9-12H2,1-4H3. The van der Waals surface area contributed by atoms with Gasteiger partial charge >= 0.3 is 0 Å². The Labute approximate surface area is 93.3 Å². The summed E-state index contributed by atoms with van der Waals surface area (Å²) in [4.78, 5) is 0. The fourth-order valence-electron chi connectivity index (χ4n) is 1.47. The van der Waals surface area contributed by atoms with E-state index in [-0.39, 0.29) is 5.41 Å². The van der Waals surface area contributed by atoms with E-state index in [2.05, 4.69) is 23.7 Å². The van der Waals surface area contributed by atoms with E-state index >= 15 is 0 Å². The van der Waals surface area contributed by atoms with Gasteiger partial charge in [-0.25, -0.2) is 0 Å². The van der Waals surface area contributed by atoms with Crippen molar-refractivity contribution in [1.82, 2.24) is 0 Å². The van der Waals surface area contributed by atoms with Crippen molar-refractivity contribution in [2.24, 2.45) is 5.41 Å². The third-order valence-electron chi connectivity index (χ3n) is 2.18. The van der Waals surface area contributed by atoms with Crippen LogP contribution in [0.15, 0.2) is 0 Å². The van der Waals surface area contributed by atoms with Crippen LogP contribution in [0.25, 0.3) is 0 Å². The van der Waals surface area contributed by atoms with Crippen molar-refractivity contribution in [3.63, 3.8) is 0 Å². The molecule has 0 aromatic heterocycles. The van der Waals surface area contributed by atoms with Gasteiger partial charge in [0, 0.05) is 32.5 Å². The van der Waals surface area contributed by atoms with Crippen molar-refractivity contribution in [3.05, 3.63) is 0 Å². The first-order valence-electron chi connectivity index (χ1n) is 5.02. The first-order chi connectivity index (χ1) is 7.24. The zero-order valence-corrected chi connectivity index (χ0v) is 10.1. The van der Waals surface area contributed by atoms with Gasteiger partial charge in [0.15, 0.2) is 0 Å². The van der Waals surface area contributed by atoms with Gasteiger partial charge in [0.05, 0.1) is 13.2 Å². The van der Waals surface area contributed by atoms with Gasteiger partial charge in [0.25, 0.3) is 0 Å². The molecule has 84 valence electrons. The predicted molar refractivity (Wildman–Crippen MR) is 62.3 cm³/mol. The Morgan fingerprint density at radius 2 is 1.27 bits per heavy atom. The molecule has 0 saturated heterocycles. The third-order valence-corrected chi connectivity index (χ3v) is 2.18. The monoisotopic (exact) mass is 208 g/mol. The first-order valence-corrected chi connectivity index (χ1v) is 5.02. The highest BCUT2D eigenvalue weighted by atomic mass is 16.5. The molecule has 0 heterocycles. The van der Waals surface area contributed by atoms with Gasteiger partial charge in [-0.1, -0.05) is 0 Å². The zero-order chi connectivity index (χ0) is 11.6. The Morgan fingerprint density at radius 1 is 0.867 bits per heavy atom. The molecule has 0 bridgehead atoms. The second-order valence-corrected chi connectivity index (χ2v) is 3.57. The average Bonchev–Trinajstić information content (AvgIpc) is 2.24. The van der Waals surface area contributed by atoms with Crippen molar-refractivity contribution in [2.45, 2.75) is 26.7 Å². The van der Waals surface area contributed by atoms with Gasteiger partial charge in [-0.15, -0.1) is 23.7 Å². The third kappa shape index (κ3) is 5.47. The van der Waals surface area contributed by atoms with Crippen LogP contribution < -0.4 is 0 Å². The number of hydrogen-bond acceptors (Lipinski definition) is 2. The minimum absolute atomic E-state index is 0.0878. The molecule has 0 aliphatic carbocycles. The summed E-state index contributed by atoms with van der Waals surface area (Å²) in [5, 5.41) is 0. The highest BCUT2D eigenvalue weighted by Gasteiger charge is 2.28. The van der Waals surface area contributed by atoms with Crippen molar-refractivity contribution >= 4 is 0 Å². The molecule has 0 aromatic carbocycles. The lowest BCUT2D eigenvalue weighted by atomic mass is 9.83. The molecule has 0 aromatic rings. The molecule has 0 N–H and O–H groups in total. The van der Waals surface area contributed by atoms with E-state index in [4.69, 9.17) is 9.47 Å². The van der Waals surface area contributed by atoms with Crippen molar-refractivity contribution < 1.29 is 9.47 Å². The van der Waals surface area contributed by atoms with E-state index < -0.39 is 0 Å². The first kappa shape index (κ1) is 14.0. The summed E-state index contributed by atoms with van der Waals surface area (Å²) in [7, 11) is 3.40. The van der Waals surface area contributed by atoms with E-state index in [1.807, 2.05) is 13.8 Å². The Hall–Kier alpha value is -0.960. The quantitative estimate of drug-likeness (QED) is 0.622.